The Labute approximate surface area is 159 Å². The number of rotatable bonds is 13. The molecule has 0 radical (unpaired) electrons. The van der Waals surface area contributed by atoms with Crippen molar-refractivity contribution >= 4 is 23.3 Å². The minimum atomic E-state index is -0.735. The Hall–Kier alpha value is -1.60. The predicted octanol–water partition coefficient (Wildman–Crippen LogP) is 3.25. The van der Waals surface area contributed by atoms with Crippen LogP contribution in [0.1, 0.15) is 56.2 Å². The van der Waals surface area contributed by atoms with Gasteiger partial charge in [0, 0.05) is 30.4 Å². The van der Waals surface area contributed by atoms with Crippen LogP contribution in [0.15, 0.2) is 17.5 Å². The highest BCUT2D eigenvalue weighted by atomic mass is 32.1. The van der Waals surface area contributed by atoms with E-state index in [0.717, 1.165) is 44.9 Å². The topological polar surface area (TPSA) is 89.9 Å². The first kappa shape index (κ1) is 20.7. The van der Waals surface area contributed by atoms with Gasteiger partial charge in [-0.15, -0.1) is 11.3 Å². The normalized spacial score (nSPS) is 18.1. The zero-order chi connectivity index (χ0) is 18.8. The first-order valence-corrected chi connectivity index (χ1v) is 10.4. The van der Waals surface area contributed by atoms with Crippen molar-refractivity contribution in [1.82, 2.24) is 10.2 Å². The molecule has 1 aliphatic heterocycles. The van der Waals surface area contributed by atoms with Gasteiger partial charge < -0.3 is 20.4 Å². The first-order chi connectivity index (χ1) is 12.5. The summed E-state index contributed by atoms with van der Waals surface area (Å²) in [5.41, 5.74) is 0. The van der Waals surface area contributed by atoms with Gasteiger partial charge in [0.15, 0.2) is 0 Å². The van der Waals surface area contributed by atoms with Crippen molar-refractivity contribution in [2.45, 2.75) is 69.9 Å². The fraction of sp³-hybridized carbons (Fsp3) is 0.684. The van der Waals surface area contributed by atoms with Crippen molar-refractivity contribution in [2.24, 2.45) is 0 Å². The Balaban J connectivity index is 1.54. The lowest BCUT2D eigenvalue weighted by molar-refractivity contribution is -0.137. The van der Waals surface area contributed by atoms with Gasteiger partial charge in [0.05, 0.1) is 6.10 Å². The molecule has 0 saturated carbocycles. The third-order valence-electron chi connectivity index (χ3n) is 4.79. The summed E-state index contributed by atoms with van der Waals surface area (Å²) in [6.45, 7) is 1.29. The maximum Gasteiger partial charge on any atom is 0.317 e. The number of carbonyl (C=O) groups is 2. The minimum Gasteiger partial charge on any atom is -0.481 e. The monoisotopic (exact) mass is 382 g/mol. The summed E-state index contributed by atoms with van der Waals surface area (Å²) in [6.07, 6.45) is 6.67. The van der Waals surface area contributed by atoms with Crippen LogP contribution in [-0.4, -0.2) is 52.3 Å². The van der Waals surface area contributed by atoms with Crippen molar-refractivity contribution in [1.29, 1.82) is 0 Å². The predicted molar refractivity (Wildman–Crippen MR) is 102 cm³/mol. The maximum absolute atomic E-state index is 12.0. The number of aliphatic hydroxyl groups excluding tert-OH is 1. The molecule has 2 amide bonds. The molecule has 6 nitrogen and oxygen atoms in total. The highest BCUT2D eigenvalue weighted by Gasteiger charge is 2.28. The van der Waals surface area contributed by atoms with Gasteiger partial charge in [-0.2, -0.15) is 0 Å². The highest BCUT2D eigenvalue weighted by Crippen LogP contribution is 2.16. The van der Waals surface area contributed by atoms with E-state index in [1.54, 1.807) is 16.2 Å². The Morgan fingerprint density at radius 2 is 2.12 bits per heavy atom. The van der Waals surface area contributed by atoms with E-state index in [9.17, 15) is 14.7 Å². The maximum atomic E-state index is 12.0. The van der Waals surface area contributed by atoms with E-state index in [4.69, 9.17) is 5.11 Å². The highest BCUT2D eigenvalue weighted by molar-refractivity contribution is 7.09. The third kappa shape index (κ3) is 7.74. The summed E-state index contributed by atoms with van der Waals surface area (Å²) in [7, 11) is 0. The molecule has 3 N–H and O–H groups in total. The number of urea groups is 1. The number of aryl methyl sites for hydroxylation is 1. The molecule has 2 rings (SSSR count). The lowest BCUT2D eigenvalue weighted by Crippen LogP contribution is -2.31. The fourth-order valence-electron chi connectivity index (χ4n) is 3.25. The molecule has 0 aliphatic carbocycles. The molecule has 0 spiro atoms. The number of carboxylic acid groups (broad SMARTS) is 1. The van der Waals surface area contributed by atoms with Crippen molar-refractivity contribution in [3.63, 3.8) is 0 Å². The number of aliphatic hydroxyl groups is 1. The quantitative estimate of drug-likeness (QED) is 0.457. The van der Waals surface area contributed by atoms with E-state index in [1.165, 1.54) is 4.88 Å². The number of nitrogens with one attached hydrogen (secondary N) is 1. The van der Waals surface area contributed by atoms with Crippen molar-refractivity contribution in [3.8, 4) is 0 Å². The van der Waals surface area contributed by atoms with Crippen LogP contribution in [0.5, 0.6) is 0 Å². The molecule has 1 aromatic rings. The van der Waals surface area contributed by atoms with Gasteiger partial charge in [0.25, 0.3) is 0 Å². The van der Waals surface area contributed by atoms with Crippen LogP contribution >= 0.6 is 11.3 Å². The van der Waals surface area contributed by atoms with Gasteiger partial charge in [0.2, 0.25) is 0 Å². The summed E-state index contributed by atoms with van der Waals surface area (Å²) >= 11 is 1.71. The number of hydrogen-bond donors (Lipinski definition) is 3. The lowest BCUT2D eigenvalue weighted by Gasteiger charge is -2.17. The van der Waals surface area contributed by atoms with E-state index in [0.29, 0.717) is 19.5 Å². The second-order valence-corrected chi connectivity index (χ2v) is 8.03. The third-order valence-corrected chi connectivity index (χ3v) is 5.72. The van der Waals surface area contributed by atoms with E-state index < -0.39 is 5.97 Å². The molecule has 146 valence electrons. The Morgan fingerprint density at radius 3 is 2.85 bits per heavy atom. The fourth-order valence-corrected chi connectivity index (χ4v) is 3.97. The van der Waals surface area contributed by atoms with Crippen LogP contribution in [0.4, 0.5) is 4.79 Å². The van der Waals surface area contributed by atoms with Crippen molar-refractivity contribution in [2.75, 3.05) is 13.1 Å². The summed E-state index contributed by atoms with van der Waals surface area (Å²) in [4.78, 5) is 25.6. The number of carboxylic acids is 1. The number of unbranched alkanes of at least 4 members (excludes halogenated alkanes) is 3. The van der Waals surface area contributed by atoms with Gasteiger partial charge in [-0.05, 0) is 43.6 Å². The van der Waals surface area contributed by atoms with Crippen LogP contribution in [0.2, 0.25) is 0 Å². The number of carbonyl (C=O) groups excluding carboxylic acids is 1. The van der Waals surface area contributed by atoms with Gasteiger partial charge in [-0.3, -0.25) is 4.79 Å². The first-order valence-electron chi connectivity index (χ1n) is 9.52. The Morgan fingerprint density at radius 1 is 1.31 bits per heavy atom. The smallest absolute Gasteiger partial charge is 0.317 e. The molecule has 26 heavy (non-hydrogen) atoms. The van der Waals surface area contributed by atoms with Crippen LogP contribution in [0.3, 0.4) is 0 Å². The number of amides is 2. The van der Waals surface area contributed by atoms with Crippen LogP contribution in [0.25, 0.3) is 0 Å². The summed E-state index contributed by atoms with van der Waals surface area (Å²) in [5.74, 6) is -0.735. The van der Waals surface area contributed by atoms with Gasteiger partial charge in [0.1, 0.15) is 0 Å². The van der Waals surface area contributed by atoms with E-state index in [2.05, 4.69) is 11.4 Å². The Bertz CT molecular complexity index is 550. The zero-order valence-electron chi connectivity index (χ0n) is 15.2. The van der Waals surface area contributed by atoms with Gasteiger partial charge >= 0.3 is 12.0 Å². The van der Waals surface area contributed by atoms with Crippen LogP contribution in [-0.2, 0) is 11.2 Å². The SMILES string of the molecule is O=C(O)CCCCCCC1CN(CCC(O)CCc2cccs2)C(=O)N1. The molecule has 0 aromatic carbocycles. The van der Waals surface area contributed by atoms with E-state index in [1.807, 2.05) is 11.4 Å². The molecule has 2 atom stereocenters. The number of aliphatic carboxylic acids is 1. The van der Waals surface area contributed by atoms with E-state index in [-0.39, 0.29) is 24.6 Å². The molecular formula is C19H30N2O4S. The lowest BCUT2D eigenvalue weighted by atomic mass is 10.1. The second-order valence-electron chi connectivity index (χ2n) is 7.00. The summed E-state index contributed by atoms with van der Waals surface area (Å²) in [6, 6.07) is 4.24. The number of hydrogen-bond acceptors (Lipinski definition) is 4. The van der Waals surface area contributed by atoms with Crippen LogP contribution in [0, 0.1) is 0 Å². The standard InChI is InChI=1S/C19H30N2O4S/c22-16(9-10-17-7-5-13-26-17)11-12-21-14-15(20-19(21)25)6-3-1-2-4-8-18(23)24/h5,7,13,15-16,22H,1-4,6,8-12,14H2,(H,20,25)(H,23,24). The molecular weight excluding hydrogens is 352 g/mol. The average Bonchev–Trinajstić information content (AvgIpc) is 3.23. The Kier molecular flexibility index (Phi) is 8.91. The molecule has 1 fully saturated rings. The second kappa shape index (κ2) is 11.2. The molecule has 2 heterocycles. The van der Waals surface area contributed by atoms with E-state index >= 15 is 0 Å². The molecule has 1 aliphatic rings. The molecule has 7 heteroatoms. The van der Waals surface area contributed by atoms with Crippen LogP contribution < -0.4 is 5.32 Å². The minimum absolute atomic E-state index is 0.0358. The largest absolute Gasteiger partial charge is 0.481 e. The number of nitrogens with zero attached hydrogens (tertiary/aromatic N) is 1. The average molecular weight is 383 g/mol. The van der Waals surface area contributed by atoms with Crippen molar-refractivity contribution < 1.29 is 19.8 Å². The molecule has 2 unspecified atom stereocenters. The number of thiophene rings is 1. The van der Waals surface area contributed by atoms with Gasteiger partial charge in [-0.1, -0.05) is 25.3 Å². The molecule has 1 aromatic heterocycles. The van der Waals surface area contributed by atoms with Crippen molar-refractivity contribution in [3.05, 3.63) is 22.4 Å². The summed E-state index contributed by atoms with van der Waals surface area (Å²) < 4.78 is 0. The van der Waals surface area contributed by atoms with Gasteiger partial charge in [-0.25, -0.2) is 4.79 Å². The summed E-state index contributed by atoms with van der Waals surface area (Å²) in [5, 5.41) is 23.8. The molecule has 1 saturated heterocycles. The zero-order valence-corrected chi connectivity index (χ0v) is 16.0. The molecule has 0 bridgehead atoms.